The lowest BCUT2D eigenvalue weighted by Gasteiger charge is -2.30. The van der Waals surface area contributed by atoms with Gasteiger partial charge in [-0.1, -0.05) is 36.4 Å². The van der Waals surface area contributed by atoms with E-state index < -0.39 is 12.9 Å². The van der Waals surface area contributed by atoms with E-state index in [9.17, 15) is 9.67 Å². The SMILES string of the molecule is COP(=O)(OC)[C@@](C)(O)c1ccc2ccccc2c1. The van der Waals surface area contributed by atoms with Crippen LogP contribution < -0.4 is 0 Å². The fourth-order valence-corrected chi connectivity index (χ4v) is 3.39. The molecule has 0 fully saturated rings. The summed E-state index contributed by atoms with van der Waals surface area (Å²) in [5.74, 6) is 0. The molecule has 0 unspecified atom stereocenters. The van der Waals surface area contributed by atoms with Gasteiger partial charge in [-0.25, -0.2) is 0 Å². The Labute approximate surface area is 112 Å². The van der Waals surface area contributed by atoms with Crippen molar-refractivity contribution in [3.05, 3.63) is 48.0 Å². The second kappa shape index (κ2) is 5.06. The first-order valence-electron chi connectivity index (χ1n) is 5.88. The summed E-state index contributed by atoms with van der Waals surface area (Å²) < 4.78 is 22.2. The molecule has 19 heavy (non-hydrogen) atoms. The number of rotatable bonds is 4. The molecule has 0 aliphatic carbocycles. The third kappa shape index (κ3) is 2.33. The highest BCUT2D eigenvalue weighted by molar-refractivity contribution is 7.54. The van der Waals surface area contributed by atoms with Crippen LogP contribution in [0, 0.1) is 0 Å². The molecule has 1 atom stereocenters. The van der Waals surface area contributed by atoms with Gasteiger partial charge in [0, 0.05) is 14.2 Å². The minimum Gasteiger partial charge on any atom is -0.373 e. The van der Waals surface area contributed by atoms with Crippen molar-refractivity contribution < 1.29 is 18.7 Å². The van der Waals surface area contributed by atoms with Crippen LogP contribution in [0.3, 0.4) is 0 Å². The highest BCUT2D eigenvalue weighted by Crippen LogP contribution is 2.62. The second-order valence-corrected chi connectivity index (χ2v) is 7.04. The van der Waals surface area contributed by atoms with Gasteiger partial charge in [-0.05, 0) is 29.3 Å². The molecule has 0 radical (unpaired) electrons. The molecule has 102 valence electrons. The summed E-state index contributed by atoms with van der Waals surface area (Å²) in [7, 11) is -1.10. The molecule has 1 N–H and O–H groups in total. The van der Waals surface area contributed by atoms with Crippen LogP contribution in [-0.4, -0.2) is 19.3 Å². The number of aliphatic hydroxyl groups is 1. The number of benzene rings is 2. The van der Waals surface area contributed by atoms with E-state index in [2.05, 4.69) is 0 Å². The van der Waals surface area contributed by atoms with Crippen molar-refractivity contribution in [1.82, 2.24) is 0 Å². The molecule has 0 bridgehead atoms. The molecule has 4 nitrogen and oxygen atoms in total. The van der Waals surface area contributed by atoms with Gasteiger partial charge in [0.25, 0.3) is 0 Å². The minimum atomic E-state index is -3.63. The lowest BCUT2D eigenvalue weighted by atomic mass is 10.0. The van der Waals surface area contributed by atoms with Crippen LogP contribution in [-0.2, 0) is 19.0 Å². The van der Waals surface area contributed by atoms with Crippen molar-refractivity contribution >= 4 is 18.4 Å². The normalized spacial score (nSPS) is 15.4. The lowest BCUT2D eigenvalue weighted by Crippen LogP contribution is -2.23. The molecule has 2 rings (SSSR count). The van der Waals surface area contributed by atoms with Gasteiger partial charge in [-0.15, -0.1) is 0 Å². The summed E-state index contributed by atoms with van der Waals surface area (Å²) in [6, 6.07) is 13.1. The van der Waals surface area contributed by atoms with Gasteiger partial charge in [0.1, 0.15) is 0 Å². The van der Waals surface area contributed by atoms with Gasteiger partial charge in [0.05, 0.1) is 0 Å². The summed E-state index contributed by atoms with van der Waals surface area (Å²) in [4.78, 5) is 0. The zero-order chi connectivity index (χ0) is 14.1. The van der Waals surface area contributed by atoms with Crippen molar-refractivity contribution in [3.63, 3.8) is 0 Å². The molecule has 0 heterocycles. The summed E-state index contributed by atoms with van der Waals surface area (Å²) in [6.07, 6.45) is 0. The van der Waals surface area contributed by atoms with Crippen molar-refractivity contribution in [2.24, 2.45) is 0 Å². The summed E-state index contributed by atoms with van der Waals surface area (Å²) in [5.41, 5.74) is 0.498. The van der Waals surface area contributed by atoms with Gasteiger partial charge in [-0.2, -0.15) is 0 Å². The predicted molar refractivity (Wildman–Crippen MR) is 75.1 cm³/mol. The zero-order valence-corrected chi connectivity index (χ0v) is 12.1. The van der Waals surface area contributed by atoms with Crippen molar-refractivity contribution in [1.29, 1.82) is 0 Å². The Morgan fingerprint density at radius 2 is 1.63 bits per heavy atom. The molecule has 0 aliphatic rings. The fourth-order valence-electron chi connectivity index (χ4n) is 2.07. The molecule has 5 heteroatoms. The number of hydrogen-bond acceptors (Lipinski definition) is 4. The summed E-state index contributed by atoms with van der Waals surface area (Å²) in [6.45, 7) is 1.44. The lowest BCUT2D eigenvalue weighted by molar-refractivity contribution is 0.0933. The van der Waals surface area contributed by atoms with Crippen LogP contribution in [0.2, 0.25) is 0 Å². The highest BCUT2D eigenvalue weighted by Gasteiger charge is 2.46. The van der Waals surface area contributed by atoms with E-state index in [0.29, 0.717) is 5.56 Å². The summed E-state index contributed by atoms with van der Waals surface area (Å²) >= 11 is 0. The molecule has 2 aromatic rings. The van der Waals surface area contributed by atoms with Crippen LogP contribution >= 0.6 is 7.60 Å². The Kier molecular flexibility index (Phi) is 3.79. The van der Waals surface area contributed by atoms with Crippen LogP contribution in [0.25, 0.3) is 10.8 Å². The Bertz CT molecular complexity index is 628. The third-order valence-electron chi connectivity index (χ3n) is 3.31. The molecule has 0 saturated carbocycles. The van der Waals surface area contributed by atoms with Gasteiger partial charge < -0.3 is 14.2 Å². The van der Waals surface area contributed by atoms with E-state index in [1.165, 1.54) is 21.1 Å². The van der Waals surface area contributed by atoms with E-state index in [1.807, 2.05) is 30.3 Å². The smallest absolute Gasteiger partial charge is 0.365 e. The van der Waals surface area contributed by atoms with Crippen molar-refractivity contribution in [2.75, 3.05) is 14.2 Å². The van der Waals surface area contributed by atoms with Crippen molar-refractivity contribution in [3.8, 4) is 0 Å². The van der Waals surface area contributed by atoms with E-state index in [4.69, 9.17) is 9.05 Å². The van der Waals surface area contributed by atoms with Crippen LogP contribution in [0.4, 0.5) is 0 Å². The molecule has 2 aromatic carbocycles. The largest absolute Gasteiger partial charge is 0.373 e. The molecular formula is C14H17O4P. The average molecular weight is 280 g/mol. The van der Waals surface area contributed by atoms with Gasteiger partial charge in [0.15, 0.2) is 5.34 Å². The maximum atomic E-state index is 12.4. The minimum absolute atomic E-state index is 0.498. The Morgan fingerprint density at radius 3 is 2.21 bits per heavy atom. The van der Waals surface area contributed by atoms with Gasteiger partial charge >= 0.3 is 7.60 Å². The van der Waals surface area contributed by atoms with Crippen LogP contribution in [0.1, 0.15) is 12.5 Å². The maximum Gasteiger partial charge on any atom is 0.365 e. The molecule has 0 aromatic heterocycles. The third-order valence-corrected chi connectivity index (χ3v) is 5.60. The molecule has 0 saturated heterocycles. The van der Waals surface area contributed by atoms with E-state index in [0.717, 1.165) is 10.8 Å². The Hall–Kier alpha value is -1.19. The van der Waals surface area contributed by atoms with E-state index in [1.54, 1.807) is 12.1 Å². The fraction of sp³-hybridized carbons (Fsp3) is 0.286. The summed E-state index contributed by atoms with van der Waals surface area (Å²) in [5, 5.41) is 10.9. The van der Waals surface area contributed by atoms with Crippen LogP contribution in [0.5, 0.6) is 0 Å². The van der Waals surface area contributed by atoms with E-state index in [-0.39, 0.29) is 0 Å². The molecular weight excluding hydrogens is 263 g/mol. The van der Waals surface area contributed by atoms with E-state index >= 15 is 0 Å². The van der Waals surface area contributed by atoms with Gasteiger partial charge in [-0.3, -0.25) is 4.57 Å². The van der Waals surface area contributed by atoms with Gasteiger partial charge in [0.2, 0.25) is 0 Å². The first kappa shape index (κ1) is 14.2. The molecule has 0 aliphatic heterocycles. The van der Waals surface area contributed by atoms with Crippen molar-refractivity contribution in [2.45, 2.75) is 12.3 Å². The monoisotopic (exact) mass is 280 g/mol. The van der Waals surface area contributed by atoms with Crippen LogP contribution in [0.15, 0.2) is 42.5 Å². The molecule has 0 amide bonds. The first-order chi connectivity index (χ1) is 8.94. The topological polar surface area (TPSA) is 55.8 Å². The average Bonchev–Trinajstić information content (AvgIpc) is 2.45. The quantitative estimate of drug-likeness (QED) is 0.871. The Morgan fingerprint density at radius 1 is 1.05 bits per heavy atom. The number of fused-ring (bicyclic) bond motifs is 1. The Balaban J connectivity index is 2.57. The maximum absolute atomic E-state index is 12.4. The first-order valence-corrected chi connectivity index (χ1v) is 7.42. The second-order valence-electron chi connectivity index (χ2n) is 4.45. The number of hydrogen-bond donors (Lipinski definition) is 1. The highest BCUT2D eigenvalue weighted by atomic mass is 31.2. The predicted octanol–water partition coefficient (Wildman–Crippen LogP) is 3.49. The standard InChI is InChI=1S/C14H17O4P/c1-14(15,19(16,17-2)18-3)13-9-8-11-6-4-5-7-12(11)10-13/h4-10,15H,1-3H3/t14-/m1/s1. The molecule has 0 spiro atoms. The zero-order valence-electron chi connectivity index (χ0n) is 11.2.